The van der Waals surface area contributed by atoms with Crippen molar-refractivity contribution in [3.8, 4) is 0 Å². The Morgan fingerprint density at radius 2 is 1.90 bits per heavy atom. The maximum atomic E-state index is 10.3. The molecule has 0 aliphatic carbocycles. The quantitative estimate of drug-likeness (QED) is 0.415. The van der Waals surface area contributed by atoms with E-state index in [-0.39, 0.29) is 0 Å². The number of aliphatic hydroxyl groups is 1. The third kappa shape index (κ3) is 5.45. The highest BCUT2D eigenvalue weighted by atomic mass is 16.3. The molecule has 1 atom stereocenters. The summed E-state index contributed by atoms with van der Waals surface area (Å²) in [5.74, 6) is 7.57. The van der Waals surface area contributed by atoms with Crippen LogP contribution in [-0.2, 0) is 6.42 Å². The Hall–Kier alpha value is -1.44. The Labute approximate surface area is 126 Å². The van der Waals surface area contributed by atoms with Gasteiger partial charge in [0.1, 0.15) is 17.5 Å². The molecule has 1 rings (SSSR count). The van der Waals surface area contributed by atoms with Gasteiger partial charge >= 0.3 is 0 Å². The Bertz CT molecular complexity index is 461. The van der Waals surface area contributed by atoms with Crippen LogP contribution in [-0.4, -0.2) is 52.8 Å². The number of hydrogen-bond donors (Lipinski definition) is 4. The minimum atomic E-state index is -0.845. The van der Waals surface area contributed by atoms with E-state index in [1.54, 1.807) is 6.92 Å². The summed E-state index contributed by atoms with van der Waals surface area (Å²) in [6.45, 7) is 6.74. The van der Waals surface area contributed by atoms with E-state index in [9.17, 15) is 5.11 Å². The molecule has 7 heteroatoms. The molecule has 0 aliphatic rings. The van der Waals surface area contributed by atoms with Gasteiger partial charge in [-0.2, -0.15) is 0 Å². The van der Waals surface area contributed by atoms with Gasteiger partial charge < -0.3 is 20.7 Å². The molecule has 0 saturated carbocycles. The van der Waals surface area contributed by atoms with Crippen LogP contribution in [0, 0.1) is 6.92 Å². The van der Waals surface area contributed by atoms with Crippen LogP contribution in [0.3, 0.4) is 0 Å². The zero-order chi connectivity index (χ0) is 16.0. The largest absolute Gasteiger partial charge is 0.387 e. The first-order valence-corrected chi connectivity index (χ1v) is 7.24. The number of anilines is 2. The molecule has 1 aromatic heterocycles. The topological polar surface area (TPSA) is 99.3 Å². The number of nitrogen functional groups attached to an aromatic ring is 1. The molecule has 1 unspecified atom stereocenters. The number of nitrogens with zero attached hydrogens (tertiary/aromatic N) is 3. The van der Waals surface area contributed by atoms with E-state index in [1.807, 2.05) is 25.9 Å². The predicted octanol–water partition coefficient (Wildman–Crippen LogP) is 0.748. The van der Waals surface area contributed by atoms with Crippen molar-refractivity contribution < 1.29 is 5.11 Å². The van der Waals surface area contributed by atoms with Crippen LogP contribution in [0.1, 0.15) is 31.7 Å². The molecular weight excluding hydrogens is 268 g/mol. The zero-order valence-corrected chi connectivity index (χ0v) is 13.7. The minimum Gasteiger partial charge on any atom is -0.387 e. The standard InChI is InChI=1S/C14H28N6O/c1-6-7-11-17-12(10(2)13(18-11)19-15)16-8-14(3,21)9-20(4)5/h21H,6-9,15H2,1-5H3,(H2,16,17,18,19). The fourth-order valence-electron chi connectivity index (χ4n) is 2.22. The van der Waals surface area contributed by atoms with Crippen LogP contribution in [0.5, 0.6) is 0 Å². The second kappa shape index (κ2) is 7.53. The molecule has 1 aromatic rings. The fraction of sp³-hybridized carbons (Fsp3) is 0.714. The number of rotatable bonds is 8. The monoisotopic (exact) mass is 296 g/mol. The summed E-state index contributed by atoms with van der Waals surface area (Å²) in [7, 11) is 3.86. The number of hydrazine groups is 1. The molecule has 0 spiro atoms. The van der Waals surface area contributed by atoms with Crippen molar-refractivity contribution in [2.75, 3.05) is 37.9 Å². The number of likely N-dealkylation sites (N-methyl/N-ethyl adjacent to an activating group) is 1. The fourth-order valence-corrected chi connectivity index (χ4v) is 2.22. The molecule has 7 nitrogen and oxygen atoms in total. The smallest absolute Gasteiger partial charge is 0.148 e. The Balaban J connectivity index is 2.89. The van der Waals surface area contributed by atoms with Crippen LogP contribution >= 0.6 is 0 Å². The van der Waals surface area contributed by atoms with Gasteiger partial charge in [0.2, 0.25) is 0 Å². The van der Waals surface area contributed by atoms with Crippen LogP contribution < -0.4 is 16.6 Å². The van der Waals surface area contributed by atoms with Gasteiger partial charge in [-0.3, -0.25) is 0 Å². The predicted molar refractivity (Wildman–Crippen MR) is 86.2 cm³/mol. The first-order valence-electron chi connectivity index (χ1n) is 7.24. The van der Waals surface area contributed by atoms with Crippen molar-refractivity contribution in [3.05, 3.63) is 11.4 Å². The normalized spacial score (nSPS) is 14.1. The molecule has 0 aliphatic heterocycles. The van der Waals surface area contributed by atoms with E-state index in [0.29, 0.717) is 24.7 Å². The lowest BCUT2D eigenvalue weighted by Crippen LogP contribution is -2.43. The van der Waals surface area contributed by atoms with Crippen LogP contribution in [0.15, 0.2) is 0 Å². The van der Waals surface area contributed by atoms with Gasteiger partial charge in [0.15, 0.2) is 0 Å². The highest BCUT2D eigenvalue weighted by Gasteiger charge is 2.22. The summed E-state index contributed by atoms with van der Waals surface area (Å²) in [6, 6.07) is 0. The van der Waals surface area contributed by atoms with Crippen molar-refractivity contribution in [1.29, 1.82) is 0 Å². The number of nitrogens with two attached hydrogens (primary N) is 1. The Morgan fingerprint density at radius 3 is 2.43 bits per heavy atom. The maximum absolute atomic E-state index is 10.3. The maximum Gasteiger partial charge on any atom is 0.148 e. The molecule has 1 heterocycles. The number of aromatic nitrogens is 2. The summed E-state index contributed by atoms with van der Waals surface area (Å²) in [5, 5.41) is 13.6. The molecule has 0 radical (unpaired) electrons. The molecule has 120 valence electrons. The van der Waals surface area contributed by atoms with Gasteiger partial charge in [0, 0.05) is 25.1 Å². The van der Waals surface area contributed by atoms with Crippen molar-refractivity contribution in [1.82, 2.24) is 14.9 Å². The number of nitrogens with one attached hydrogen (secondary N) is 2. The second-order valence-corrected chi connectivity index (χ2v) is 5.94. The van der Waals surface area contributed by atoms with Crippen molar-refractivity contribution >= 4 is 11.6 Å². The first-order chi connectivity index (χ1) is 9.79. The first kappa shape index (κ1) is 17.6. The number of hydrogen-bond acceptors (Lipinski definition) is 7. The average molecular weight is 296 g/mol. The van der Waals surface area contributed by atoms with E-state index in [2.05, 4.69) is 27.6 Å². The Morgan fingerprint density at radius 1 is 1.29 bits per heavy atom. The van der Waals surface area contributed by atoms with Gasteiger partial charge in [-0.25, -0.2) is 15.8 Å². The van der Waals surface area contributed by atoms with Crippen LogP contribution in [0.4, 0.5) is 11.6 Å². The Kier molecular flexibility index (Phi) is 6.32. The van der Waals surface area contributed by atoms with E-state index in [0.717, 1.165) is 24.2 Å². The molecule has 0 aromatic carbocycles. The second-order valence-electron chi connectivity index (χ2n) is 5.94. The van der Waals surface area contributed by atoms with Crippen LogP contribution in [0.2, 0.25) is 0 Å². The SMILES string of the molecule is CCCc1nc(NN)c(C)c(NCC(C)(O)CN(C)C)n1. The van der Waals surface area contributed by atoms with Gasteiger partial charge in [-0.15, -0.1) is 0 Å². The lowest BCUT2D eigenvalue weighted by molar-refractivity contribution is 0.0459. The van der Waals surface area contributed by atoms with Crippen molar-refractivity contribution in [3.63, 3.8) is 0 Å². The van der Waals surface area contributed by atoms with Gasteiger partial charge in [-0.1, -0.05) is 6.92 Å². The summed E-state index contributed by atoms with van der Waals surface area (Å²) in [6.07, 6.45) is 1.75. The highest BCUT2D eigenvalue weighted by Crippen LogP contribution is 2.20. The number of aryl methyl sites for hydroxylation is 1. The molecular formula is C14H28N6O. The lowest BCUT2D eigenvalue weighted by atomic mass is 10.1. The lowest BCUT2D eigenvalue weighted by Gasteiger charge is -2.27. The van der Waals surface area contributed by atoms with E-state index in [1.165, 1.54) is 0 Å². The minimum absolute atomic E-state index is 0.401. The molecule has 0 amide bonds. The molecule has 5 N–H and O–H groups in total. The van der Waals surface area contributed by atoms with E-state index < -0.39 is 5.60 Å². The third-order valence-corrected chi connectivity index (χ3v) is 3.10. The summed E-state index contributed by atoms with van der Waals surface area (Å²) in [4.78, 5) is 10.8. The van der Waals surface area contributed by atoms with Gasteiger partial charge in [0.05, 0.1) is 5.60 Å². The van der Waals surface area contributed by atoms with E-state index >= 15 is 0 Å². The molecule has 21 heavy (non-hydrogen) atoms. The summed E-state index contributed by atoms with van der Waals surface area (Å²) in [5.41, 5.74) is 2.60. The van der Waals surface area contributed by atoms with E-state index in [4.69, 9.17) is 5.84 Å². The summed E-state index contributed by atoms with van der Waals surface area (Å²) < 4.78 is 0. The average Bonchev–Trinajstić information content (AvgIpc) is 2.37. The van der Waals surface area contributed by atoms with Crippen LogP contribution in [0.25, 0.3) is 0 Å². The molecule has 0 bridgehead atoms. The van der Waals surface area contributed by atoms with Crippen molar-refractivity contribution in [2.24, 2.45) is 5.84 Å². The highest BCUT2D eigenvalue weighted by molar-refractivity contribution is 5.56. The molecule has 0 saturated heterocycles. The summed E-state index contributed by atoms with van der Waals surface area (Å²) >= 11 is 0. The van der Waals surface area contributed by atoms with Gasteiger partial charge in [-0.05, 0) is 34.4 Å². The van der Waals surface area contributed by atoms with Crippen molar-refractivity contribution in [2.45, 2.75) is 39.2 Å². The molecule has 0 fully saturated rings. The van der Waals surface area contributed by atoms with Gasteiger partial charge in [0.25, 0.3) is 0 Å². The third-order valence-electron chi connectivity index (χ3n) is 3.10. The zero-order valence-electron chi connectivity index (χ0n) is 13.7.